The maximum Gasteiger partial charge on any atom is 0.410 e. The van der Waals surface area contributed by atoms with E-state index in [4.69, 9.17) is 4.74 Å². The van der Waals surface area contributed by atoms with E-state index in [-0.39, 0.29) is 17.7 Å². The molecular weight excluding hydrogens is 348 g/mol. The number of carbonyl (C=O) groups excluding carboxylic acids is 1. The van der Waals surface area contributed by atoms with Crippen LogP contribution in [0.1, 0.15) is 49.5 Å². The number of nitrogens with one attached hydrogen (secondary N) is 2. The van der Waals surface area contributed by atoms with Crippen LogP contribution in [0.5, 0.6) is 0 Å². The normalized spacial score (nSPS) is 17.9. The average molecular weight is 374 g/mol. The van der Waals surface area contributed by atoms with E-state index in [1.807, 2.05) is 20.8 Å². The van der Waals surface area contributed by atoms with Crippen molar-refractivity contribution in [3.63, 3.8) is 0 Å². The topological polar surface area (TPSA) is 108 Å². The van der Waals surface area contributed by atoms with E-state index in [0.717, 1.165) is 18.4 Å². The quantitative estimate of drug-likeness (QED) is 0.759. The van der Waals surface area contributed by atoms with Crippen LogP contribution in [0, 0.1) is 0 Å². The Kier molecular flexibility index (Phi) is 5.36. The SMILES string of the molecule is CC(C)(C)OC(=O)N1CCCC(NCc2c[nH]c3nccc(C(=O)O)c23)C1. The van der Waals surface area contributed by atoms with Crippen molar-refractivity contribution >= 4 is 23.1 Å². The van der Waals surface area contributed by atoms with Gasteiger partial charge in [0.25, 0.3) is 0 Å². The molecule has 1 unspecified atom stereocenters. The van der Waals surface area contributed by atoms with Crippen molar-refractivity contribution in [2.45, 2.75) is 51.8 Å². The van der Waals surface area contributed by atoms with Gasteiger partial charge in [-0.05, 0) is 45.2 Å². The molecule has 1 fully saturated rings. The van der Waals surface area contributed by atoms with E-state index in [0.29, 0.717) is 30.7 Å². The van der Waals surface area contributed by atoms with Gasteiger partial charge in [-0.15, -0.1) is 0 Å². The van der Waals surface area contributed by atoms with Crippen LogP contribution in [0.2, 0.25) is 0 Å². The van der Waals surface area contributed by atoms with Crippen LogP contribution in [-0.4, -0.2) is 56.8 Å². The molecule has 8 nitrogen and oxygen atoms in total. The van der Waals surface area contributed by atoms with Crippen LogP contribution in [-0.2, 0) is 11.3 Å². The number of rotatable bonds is 4. The summed E-state index contributed by atoms with van der Waals surface area (Å²) in [6.45, 7) is 7.33. The van der Waals surface area contributed by atoms with Crippen LogP contribution >= 0.6 is 0 Å². The number of hydrogen-bond acceptors (Lipinski definition) is 5. The molecule has 0 aromatic carbocycles. The first-order valence-electron chi connectivity index (χ1n) is 9.14. The van der Waals surface area contributed by atoms with Crippen LogP contribution in [0.3, 0.4) is 0 Å². The Morgan fingerprint density at radius 1 is 1.44 bits per heavy atom. The number of aromatic amines is 1. The third-order valence-electron chi connectivity index (χ3n) is 4.54. The number of carboxylic acids is 1. The number of amides is 1. The third kappa shape index (κ3) is 4.57. The number of H-pyrrole nitrogens is 1. The smallest absolute Gasteiger partial charge is 0.410 e. The maximum atomic E-state index is 12.3. The second-order valence-electron chi connectivity index (χ2n) is 7.85. The van der Waals surface area contributed by atoms with Crippen LogP contribution in [0.15, 0.2) is 18.5 Å². The number of fused-ring (bicyclic) bond motifs is 1. The van der Waals surface area contributed by atoms with Crippen molar-refractivity contribution in [3.05, 3.63) is 29.6 Å². The van der Waals surface area contributed by atoms with Gasteiger partial charge >= 0.3 is 12.1 Å². The fraction of sp³-hybridized carbons (Fsp3) is 0.526. The summed E-state index contributed by atoms with van der Waals surface area (Å²) < 4.78 is 5.46. The lowest BCUT2D eigenvalue weighted by Crippen LogP contribution is -2.49. The lowest BCUT2D eigenvalue weighted by atomic mass is 10.0. The zero-order chi connectivity index (χ0) is 19.6. The first-order chi connectivity index (χ1) is 12.7. The van der Waals surface area contributed by atoms with Crippen molar-refractivity contribution < 1.29 is 19.4 Å². The molecule has 0 aliphatic carbocycles. The van der Waals surface area contributed by atoms with Crippen LogP contribution < -0.4 is 5.32 Å². The Balaban J connectivity index is 1.66. The molecule has 0 radical (unpaired) electrons. The summed E-state index contributed by atoms with van der Waals surface area (Å²) >= 11 is 0. The number of aromatic carboxylic acids is 1. The molecule has 3 rings (SSSR count). The molecule has 2 aromatic rings. The molecule has 1 aliphatic heterocycles. The van der Waals surface area contributed by atoms with Gasteiger partial charge in [-0.25, -0.2) is 14.6 Å². The highest BCUT2D eigenvalue weighted by Gasteiger charge is 2.27. The zero-order valence-electron chi connectivity index (χ0n) is 15.9. The van der Waals surface area contributed by atoms with E-state index in [1.54, 1.807) is 11.1 Å². The molecule has 1 amide bonds. The van der Waals surface area contributed by atoms with E-state index in [1.165, 1.54) is 12.3 Å². The Morgan fingerprint density at radius 2 is 2.22 bits per heavy atom. The fourth-order valence-electron chi connectivity index (χ4n) is 3.33. The number of pyridine rings is 1. The molecule has 1 saturated heterocycles. The number of likely N-dealkylation sites (tertiary alicyclic amines) is 1. The zero-order valence-corrected chi connectivity index (χ0v) is 15.9. The highest BCUT2D eigenvalue weighted by molar-refractivity contribution is 6.03. The molecule has 1 atom stereocenters. The number of ether oxygens (including phenoxy) is 1. The maximum absolute atomic E-state index is 12.3. The minimum atomic E-state index is -0.975. The van der Waals surface area contributed by atoms with Gasteiger partial charge in [0.05, 0.1) is 5.56 Å². The molecular formula is C19H26N4O4. The van der Waals surface area contributed by atoms with Gasteiger partial charge < -0.3 is 25.0 Å². The van der Waals surface area contributed by atoms with Gasteiger partial charge in [-0.2, -0.15) is 0 Å². The number of carboxylic acid groups (broad SMARTS) is 1. The van der Waals surface area contributed by atoms with E-state index in [2.05, 4.69) is 15.3 Å². The van der Waals surface area contributed by atoms with Gasteiger partial charge in [0, 0.05) is 43.5 Å². The summed E-state index contributed by atoms with van der Waals surface area (Å²) in [6.07, 6.45) is 4.82. The lowest BCUT2D eigenvalue weighted by molar-refractivity contribution is 0.0187. The largest absolute Gasteiger partial charge is 0.478 e. The average Bonchev–Trinajstić information content (AvgIpc) is 3.02. The van der Waals surface area contributed by atoms with Crippen molar-refractivity contribution in [1.29, 1.82) is 0 Å². The Morgan fingerprint density at radius 3 is 2.93 bits per heavy atom. The molecule has 1 aliphatic rings. The summed E-state index contributed by atoms with van der Waals surface area (Å²) in [6, 6.07) is 1.63. The van der Waals surface area contributed by atoms with Crippen molar-refractivity contribution in [3.8, 4) is 0 Å². The first kappa shape index (κ1) is 19.2. The van der Waals surface area contributed by atoms with Crippen LogP contribution in [0.25, 0.3) is 11.0 Å². The second kappa shape index (κ2) is 7.56. The predicted octanol–water partition coefficient (Wildman–Crippen LogP) is 2.75. The monoisotopic (exact) mass is 374 g/mol. The summed E-state index contributed by atoms with van der Waals surface area (Å²) in [5.74, 6) is -0.975. The van der Waals surface area contributed by atoms with Gasteiger partial charge in [0.2, 0.25) is 0 Å². The number of hydrogen-bond donors (Lipinski definition) is 3. The number of piperidine rings is 1. The highest BCUT2D eigenvalue weighted by atomic mass is 16.6. The molecule has 0 bridgehead atoms. The molecule has 146 valence electrons. The first-order valence-corrected chi connectivity index (χ1v) is 9.14. The van der Waals surface area contributed by atoms with Crippen LogP contribution in [0.4, 0.5) is 4.79 Å². The lowest BCUT2D eigenvalue weighted by Gasteiger charge is -2.34. The Labute approximate surface area is 157 Å². The molecule has 8 heteroatoms. The second-order valence-corrected chi connectivity index (χ2v) is 7.85. The van der Waals surface area contributed by atoms with Gasteiger partial charge in [-0.1, -0.05) is 0 Å². The number of aromatic nitrogens is 2. The molecule has 27 heavy (non-hydrogen) atoms. The van der Waals surface area contributed by atoms with E-state index in [9.17, 15) is 14.7 Å². The molecule has 3 heterocycles. The molecule has 0 saturated carbocycles. The summed E-state index contributed by atoms with van der Waals surface area (Å²) in [5.41, 5.74) is 1.13. The van der Waals surface area contributed by atoms with E-state index >= 15 is 0 Å². The third-order valence-corrected chi connectivity index (χ3v) is 4.54. The Hall–Kier alpha value is -2.61. The standard InChI is InChI=1S/C19H26N4O4/c1-19(2,3)27-18(26)23-8-4-5-13(11-23)21-9-12-10-22-16-15(12)14(17(24)25)6-7-20-16/h6-7,10,13,21H,4-5,8-9,11H2,1-3H3,(H,20,22)(H,24,25). The van der Waals surface area contributed by atoms with Gasteiger partial charge in [-0.3, -0.25) is 0 Å². The van der Waals surface area contributed by atoms with Gasteiger partial charge in [0.15, 0.2) is 0 Å². The number of carbonyl (C=O) groups is 2. The number of nitrogens with zero attached hydrogens (tertiary/aromatic N) is 2. The minimum Gasteiger partial charge on any atom is -0.478 e. The van der Waals surface area contributed by atoms with Crippen molar-refractivity contribution in [2.75, 3.05) is 13.1 Å². The molecule has 0 spiro atoms. The summed E-state index contributed by atoms with van der Waals surface area (Å²) in [4.78, 5) is 32.7. The summed E-state index contributed by atoms with van der Waals surface area (Å²) in [5, 5.41) is 13.5. The fourth-order valence-corrected chi connectivity index (χ4v) is 3.33. The molecule has 2 aromatic heterocycles. The predicted molar refractivity (Wildman–Crippen MR) is 101 cm³/mol. The van der Waals surface area contributed by atoms with Gasteiger partial charge in [0.1, 0.15) is 11.2 Å². The van der Waals surface area contributed by atoms with Crippen molar-refractivity contribution in [2.24, 2.45) is 0 Å². The highest BCUT2D eigenvalue weighted by Crippen LogP contribution is 2.22. The minimum absolute atomic E-state index is 0.126. The molecule has 3 N–H and O–H groups in total. The van der Waals surface area contributed by atoms with Crippen molar-refractivity contribution in [1.82, 2.24) is 20.2 Å². The Bertz CT molecular complexity index is 840. The van der Waals surface area contributed by atoms with E-state index < -0.39 is 11.6 Å². The summed E-state index contributed by atoms with van der Waals surface area (Å²) in [7, 11) is 0.